The van der Waals surface area contributed by atoms with Crippen LogP contribution in [0.1, 0.15) is 24.5 Å². The Hall–Kier alpha value is -0.580. The molecule has 0 bridgehead atoms. The molecule has 1 aromatic carbocycles. The lowest BCUT2D eigenvalue weighted by atomic mass is 10.1. The average Bonchev–Trinajstić information content (AvgIpc) is 2.27. The number of sulfone groups is 1. The summed E-state index contributed by atoms with van der Waals surface area (Å²) in [5.74, 6) is 0.218. The quantitative estimate of drug-likeness (QED) is 0.875. The summed E-state index contributed by atoms with van der Waals surface area (Å²) >= 11 is 6.04. The highest BCUT2D eigenvalue weighted by Crippen LogP contribution is 2.16. The van der Waals surface area contributed by atoms with Crippen LogP contribution in [-0.2, 0) is 16.4 Å². The molecule has 0 unspecified atom stereocenters. The zero-order valence-electron chi connectivity index (χ0n) is 11.0. The molecule has 0 saturated heterocycles. The molecule has 102 valence electrons. The second-order valence-corrected chi connectivity index (χ2v) is 7.45. The molecule has 0 aromatic heterocycles. The van der Waals surface area contributed by atoms with Gasteiger partial charge in [0.2, 0.25) is 0 Å². The lowest BCUT2D eigenvalue weighted by molar-refractivity contribution is 0.527. The molecule has 0 fully saturated rings. The van der Waals surface area contributed by atoms with Crippen molar-refractivity contribution in [1.82, 2.24) is 5.32 Å². The van der Waals surface area contributed by atoms with E-state index in [1.807, 2.05) is 32.0 Å². The fourth-order valence-corrected chi connectivity index (χ4v) is 2.52. The minimum atomic E-state index is -2.88. The topological polar surface area (TPSA) is 46.2 Å². The molecule has 0 radical (unpaired) electrons. The van der Waals surface area contributed by atoms with Crippen LogP contribution in [0.4, 0.5) is 0 Å². The van der Waals surface area contributed by atoms with Crippen LogP contribution in [0.3, 0.4) is 0 Å². The van der Waals surface area contributed by atoms with E-state index in [1.54, 1.807) is 0 Å². The van der Waals surface area contributed by atoms with Crippen molar-refractivity contribution in [2.24, 2.45) is 0 Å². The van der Waals surface area contributed by atoms with Crippen LogP contribution in [0.25, 0.3) is 0 Å². The van der Waals surface area contributed by atoms with Crippen molar-refractivity contribution in [2.75, 3.05) is 12.0 Å². The van der Waals surface area contributed by atoms with Gasteiger partial charge in [-0.25, -0.2) is 8.42 Å². The Bertz CT molecular complexity index is 500. The van der Waals surface area contributed by atoms with Gasteiger partial charge >= 0.3 is 0 Å². The van der Waals surface area contributed by atoms with Gasteiger partial charge in [-0.1, -0.05) is 23.7 Å². The molecule has 5 heteroatoms. The molecule has 0 heterocycles. The molecule has 0 saturated carbocycles. The second-order valence-electron chi connectivity index (χ2n) is 4.78. The van der Waals surface area contributed by atoms with E-state index in [0.717, 1.165) is 16.1 Å². The van der Waals surface area contributed by atoms with Crippen LogP contribution in [0.5, 0.6) is 0 Å². The Morgan fingerprint density at radius 2 is 2.06 bits per heavy atom. The molecule has 0 aliphatic carbocycles. The van der Waals surface area contributed by atoms with Crippen molar-refractivity contribution in [3.63, 3.8) is 0 Å². The number of benzene rings is 1. The van der Waals surface area contributed by atoms with Crippen LogP contribution >= 0.6 is 11.6 Å². The summed E-state index contributed by atoms with van der Waals surface area (Å²) in [6.07, 6.45) is 1.89. The maximum absolute atomic E-state index is 11.0. The zero-order chi connectivity index (χ0) is 13.8. The fraction of sp³-hybridized carbons (Fsp3) is 0.538. The van der Waals surface area contributed by atoms with Gasteiger partial charge in [-0.15, -0.1) is 0 Å². The molecule has 3 nitrogen and oxygen atoms in total. The number of hydrogen-bond donors (Lipinski definition) is 1. The maximum Gasteiger partial charge on any atom is 0.147 e. The normalized spacial score (nSPS) is 13.6. The molecule has 0 amide bonds. The predicted molar refractivity (Wildman–Crippen MR) is 76.8 cm³/mol. The van der Waals surface area contributed by atoms with Crippen LogP contribution < -0.4 is 5.32 Å². The van der Waals surface area contributed by atoms with Crippen molar-refractivity contribution >= 4 is 21.4 Å². The monoisotopic (exact) mass is 289 g/mol. The number of rotatable bonds is 6. The number of aryl methyl sites for hydroxylation is 1. The van der Waals surface area contributed by atoms with Crippen LogP contribution in [0, 0.1) is 6.92 Å². The lowest BCUT2D eigenvalue weighted by Gasteiger charge is -2.13. The molecule has 1 N–H and O–H groups in total. The lowest BCUT2D eigenvalue weighted by Crippen LogP contribution is -2.27. The van der Waals surface area contributed by atoms with Gasteiger partial charge in [0.1, 0.15) is 9.84 Å². The Morgan fingerprint density at radius 1 is 1.39 bits per heavy atom. The van der Waals surface area contributed by atoms with Gasteiger partial charge in [0.15, 0.2) is 0 Å². The largest absolute Gasteiger partial charge is 0.310 e. The minimum absolute atomic E-state index is 0.166. The Balaban J connectivity index is 2.42. The predicted octanol–water partition coefficient (Wildman–Crippen LogP) is 2.56. The smallest absolute Gasteiger partial charge is 0.147 e. The van der Waals surface area contributed by atoms with Gasteiger partial charge in [-0.3, -0.25) is 0 Å². The standard InChI is InChI=1S/C13H20ClNO2S/c1-10-4-5-12(8-13(10)14)9-15-11(2)6-7-18(3,16)17/h4-5,8,11,15H,6-7,9H2,1-3H3/t11-/m0/s1. The second kappa shape index (κ2) is 6.55. The van der Waals surface area contributed by atoms with Crippen molar-refractivity contribution in [2.45, 2.75) is 32.9 Å². The fourth-order valence-electron chi connectivity index (χ4n) is 1.53. The molecule has 0 aliphatic heterocycles. The third-order valence-electron chi connectivity index (χ3n) is 2.81. The van der Waals surface area contributed by atoms with Gasteiger partial charge in [0.25, 0.3) is 0 Å². The number of nitrogens with one attached hydrogen (secondary N) is 1. The van der Waals surface area contributed by atoms with Crippen molar-refractivity contribution < 1.29 is 8.42 Å². The summed E-state index contributed by atoms with van der Waals surface area (Å²) in [6.45, 7) is 4.65. The first-order valence-corrected chi connectivity index (χ1v) is 8.38. The van der Waals surface area contributed by atoms with E-state index >= 15 is 0 Å². The summed E-state index contributed by atoms with van der Waals surface area (Å²) < 4.78 is 22.1. The van der Waals surface area contributed by atoms with E-state index in [1.165, 1.54) is 6.26 Å². The van der Waals surface area contributed by atoms with Crippen LogP contribution in [0.15, 0.2) is 18.2 Å². The van der Waals surface area contributed by atoms with Gasteiger partial charge < -0.3 is 5.32 Å². The molecule has 0 aliphatic rings. The molecule has 1 rings (SSSR count). The van der Waals surface area contributed by atoms with Gasteiger partial charge in [-0.05, 0) is 37.5 Å². The van der Waals surface area contributed by atoms with E-state index in [0.29, 0.717) is 13.0 Å². The highest BCUT2D eigenvalue weighted by Gasteiger charge is 2.07. The molecule has 1 atom stereocenters. The van der Waals surface area contributed by atoms with Gasteiger partial charge in [0.05, 0.1) is 5.75 Å². The van der Waals surface area contributed by atoms with E-state index in [9.17, 15) is 8.42 Å². The first-order chi connectivity index (χ1) is 8.28. The summed E-state index contributed by atoms with van der Waals surface area (Å²) in [7, 11) is -2.88. The highest BCUT2D eigenvalue weighted by atomic mass is 35.5. The minimum Gasteiger partial charge on any atom is -0.310 e. The van der Waals surface area contributed by atoms with E-state index < -0.39 is 9.84 Å². The molecular formula is C13H20ClNO2S. The number of hydrogen-bond acceptors (Lipinski definition) is 3. The van der Waals surface area contributed by atoms with Crippen LogP contribution in [0.2, 0.25) is 5.02 Å². The van der Waals surface area contributed by atoms with Crippen LogP contribution in [-0.4, -0.2) is 26.5 Å². The molecule has 1 aromatic rings. The third-order valence-corrected chi connectivity index (χ3v) is 4.20. The molecular weight excluding hydrogens is 270 g/mol. The summed E-state index contributed by atoms with van der Waals surface area (Å²) in [5, 5.41) is 4.06. The van der Waals surface area contributed by atoms with Crippen molar-refractivity contribution in [1.29, 1.82) is 0 Å². The van der Waals surface area contributed by atoms with E-state index in [-0.39, 0.29) is 11.8 Å². The summed E-state index contributed by atoms with van der Waals surface area (Å²) in [5.41, 5.74) is 2.17. The van der Waals surface area contributed by atoms with Crippen molar-refractivity contribution in [3.05, 3.63) is 34.3 Å². The van der Waals surface area contributed by atoms with Gasteiger partial charge in [-0.2, -0.15) is 0 Å². The average molecular weight is 290 g/mol. The van der Waals surface area contributed by atoms with E-state index in [4.69, 9.17) is 11.6 Å². The Labute approximate surface area is 114 Å². The first-order valence-electron chi connectivity index (χ1n) is 5.94. The summed E-state index contributed by atoms with van der Waals surface area (Å²) in [6, 6.07) is 6.12. The first kappa shape index (κ1) is 15.5. The van der Waals surface area contributed by atoms with E-state index in [2.05, 4.69) is 5.32 Å². The maximum atomic E-state index is 11.0. The summed E-state index contributed by atoms with van der Waals surface area (Å²) in [4.78, 5) is 0. The Kier molecular flexibility index (Phi) is 5.63. The van der Waals surface area contributed by atoms with Crippen molar-refractivity contribution in [3.8, 4) is 0 Å². The highest BCUT2D eigenvalue weighted by molar-refractivity contribution is 7.90. The SMILES string of the molecule is Cc1ccc(CN[C@@H](C)CCS(C)(=O)=O)cc1Cl. The molecule has 18 heavy (non-hydrogen) atoms. The van der Waals surface area contributed by atoms with Gasteiger partial charge in [0, 0.05) is 23.9 Å². The molecule has 0 spiro atoms. The Morgan fingerprint density at radius 3 is 2.61 bits per heavy atom. The number of halogens is 1. The third kappa shape index (κ3) is 5.85. The zero-order valence-corrected chi connectivity index (χ0v) is 12.6.